The molecule has 1 saturated heterocycles. The SMILES string of the molecule is COC(=O)[C@@H]1CCCN1/C(O)=C/N=C(c1ccccc1)c1ccccc1. The lowest BCUT2D eigenvalue weighted by Gasteiger charge is -2.22. The second kappa shape index (κ2) is 8.34. The number of carbonyl (C=O) groups excluding carboxylic acids is 1. The van der Waals surface area contributed by atoms with Gasteiger partial charge in [-0.05, 0) is 12.8 Å². The topological polar surface area (TPSA) is 62.1 Å². The van der Waals surface area contributed by atoms with E-state index in [0.29, 0.717) is 13.0 Å². The summed E-state index contributed by atoms with van der Waals surface area (Å²) in [6.07, 6.45) is 2.90. The van der Waals surface area contributed by atoms with Crippen molar-refractivity contribution in [3.8, 4) is 0 Å². The molecule has 0 amide bonds. The van der Waals surface area contributed by atoms with E-state index in [0.717, 1.165) is 23.3 Å². The van der Waals surface area contributed by atoms with Crippen LogP contribution in [0.2, 0.25) is 0 Å². The monoisotopic (exact) mass is 350 g/mol. The van der Waals surface area contributed by atoms with Gasteiger partial charge in [-0.25, -0.2) is 4.79 Å². The molecule has 0 aromatic heterocycles. The molecule has 134 valence electrons. The Morgan fingerprint density at radius 2 is 1.69 bits per heavy atom. The molecule has 26 heavy (non-hydrogen) atoms. The molecule has 1 heterocycles. The van der Waals surface area contributed by atoms with Crippen LogP contribution in [0.4, 0.5) is 0 Å². The Labute approximate surface area is 153 Å². The summed E-state index contributed by atoms with van der Waals surface area (Å²) in [5, 5.41) is 10.5. The molecule has 1 aliphatic heterocycles. The van der Waals surface area contributed by atoms with E-state index in [9.17, 15) is 9.90 Å². The minimum Gasteiger partial charge on any atom is -0.494 e. The maximum Gasteiger partial charge on any atom is 0.328 e. The van der Waals surface area contributed by atoms with E-state index in [1.165, 1.54) is 13.3 Å². The molecule has 2 aromatic rings. The average Bonchev–Trinajstić information content (AvgIpc) is 3.19. The van der Waals surface area contributed by atoms with Gasteiger partial charge in [0.2, 0.25) is 5.88 Å². The molecule has 1 N–H and O–H groups in total. The van der Waals surface area contributed by atoms with Crippen LogP contribution >= 0.6 is 0 Å². The lowest BCUT2D eigenvalue weighted by Crippen LogP contribution is -2.36. The first kappa shape index (κ1) is 17.7. The predicted octanol–water partition coefficient (Wildman–Crippen LogP) is 3.52. The van der Waals surface area contributed by atoms with E-state index >= 15 is 0 Å². The van der Waals surface area contributed by atoms with E-state index in [1.54, 1.807) is 4.90 Å². The molecule has 3 rings (SSSR count). The van der Waals surface area contributed by atoms with Crippen molar-refractivity contribution in [2.24, 2.45) is 4.99 Å². The number of methoxy groups -OCH3 is 1. The Hall–Kier alpha value is -3.08. The van der Waals surface area contributed by atoms with Crippen molar-refractivity contribution in [1.29, 1.82) is 0 Å². The number of aliphatic hydroxyl groups is 1. The molecule has 1 atom stereocenters. The van der Waals surface area contributed by atoms with Crippen LogP contribution in [-0.2, 0) is 9.53 Å². The van der Waals surface area contributed by atoms with Gasteiger partial charge in [0.05, 0.1) is 19.0 Å². The van der Waals surface area contributed by atoms with Crippen molar-refractivity contribution in [1.82, 2.24) is 4.90 Å². The van der Waals surface area contributed by atoms with Crippen LogP contribution in [0.25, 0.3) is 0 Å². The number of likely N-dealkylation sites (tertiary alicyclic amines) is 1. The van der Waals surface area contributed by atoms with Crippen molar-refractivity contribution in [2.75, 3.05) is 13.7 Å². The van der Waals surface area contributed by atoms with Crippen LogP contribution in [0.15, 0.2) is 77.7 Å². The predicted molar refractivity (Wildman–Crippen MR) is 101 cm³/mol. The van der Waals surface area contributed by atoms with E-state index < -0.39 is 6.04 Å². The summed E-state index contributed by atoms with van der Waals surface area (Å²) in [4.78, 5) is 18.1. The fourth-order valence-corrected chi connectivity index (χ4v) is 3.13. The van der Waals surface area contributed by atoms with Gasteiger partial charge in [-0.3, -0.25) is 4.99 Å². The molecule has 0 bridgehead atoms. The third-order valence-corrected chi connectivity index (χ3v) is 4.42. The van der Waals surface area contributed by atoms with Gasteiger partial charge in [0.25, 0.3) is 0 Å². The molecule has 1 fully saturated rings. The molecule has 2 aromatic carbocycles. The lowest BCUT2D eigenvalue weighted by atomic mass is 10.0. The van der Waals surface area contributed by atoms with Crippen LogP contribution in [-0.4, -0.2) is 41.4 Å². The average molecular weight is 350 g/mol. The van der Waals surface area contributed by atoms with E-state index in [1.807, 2.05) is 60.7 Å². The second-order valence-corrected chi connectivity index (χ2v) is 6.07. The molecular weight excluding hydrogens is 328 g/mol. The van der Waals surface area contributed by atoms with Crippen molar-refractivity contribution >= 4 is 11.7 Å². The van der Waals surface area contributed by atoms with Crippen molar-refractivity contribution in [3.63, 3.8) is 0 Å². The first-order valence-electron chi connectivity index (χ1n) is 8.63. The van der Waals surface area contributed by atoms with Gasteiger partial charge in [-0.1, -0.05) is 60.7 Å². The smallest absolute Gasteiger partial charge is 0.328 e. The zero-order valence-electron chi connectivity index (χ0n) is 14.7. The molecule has 5 nitrogen and oxygen atoms in total. The molecule has 0 radical (unpaired) electrons. The molecule has 0 unspecified atom stereocenters. The zero-order valence-corrected chi connectivity index (χ0v) is 14.7. The number of carbonyl (C=O) groups is 1. The quantitative estimate of drug-likeness (QED) is 0.509. The van der Waals surface area contributed by atoms with Crippen LogP contribution < -0.4 is 0 Å². The highest BCUT2D eigenvalue weighted by molar-refractivity contribution is 6.13. The second-order valence-electron chi connectivity index (χ2n) is 6.07. The third kappa shape index (κ3) is 3.94. The summed E-state index contributed by atoms with van der Waals surface area (Å²) in [5.41, 5.74) is 2.66. The first-order valence-corrected chi connectivity index (χ1v) is 8.63. The highest BCUT2D eigenvalue weighted by Crippen LogP contribution is 2.22. The Balaban J connectivity index is 1.93. The van der Waals surface area contributed by atoms with Crippen molar-refractivity contribution in [2.45, 2.75) is 18.9 Å². The fourth-order valence-electron chi connectivity index (χ4n) is 3.13. The Morgan fingerprint density at radius 1 is 1.12 bits per heavy atom. The molecule has 0 aliphatic carbocycles. The number of hydrogen-bond acceptors (Lipinski definition) is 5. The maximum atomic E-state index is 11.9. The lowest BCUT2D eigenvalue weighted by molar-refractivity contribution is -0.145. The van der Waals surface area contributed by atoms with E-state index in [4.69, 9.17) is 4.74 Å². The number of aliphatic hydroxyl groups excluding tert-OH is 1. The van der Waals surface area contributed by atoms with Gasteiger partial charge < -0.3 is 14.7 Å². The summed E-state index contributed by atoms with van der Waals surface area (Å²) >= 11 is 0. The van der Waals surface area contributed by atoms with Crippen molar-refractivity contribution in [3.05, 3.63) is 83.9 Å². The number of rotatable bonds is 5. The normalized spacial score (nSPS) is 17.0. The van der Waals surface area contributed by atoms with Gasteiger partial charge in [0.15, 0.2) is 0 Å². The molecular formula is C21H22N2O3. The summed E-state index contributed by atoms with van der Waals surface area (Å²) in [6.45, 7) is 0.601. The highest BCUT2D eigenvalue weighted by Gasteiger charge is 2.32. The summed E-state index contributed by atoms with van der Waals surface area (Å²) in [5.74, 6) is -0.361. The first-order chi connectivity index (χ1) is 12.7. The Morgan fingerprint density at radius 3 is 2.23 bits per heavy atom. The maximum absolute atomic E-state index is 11.9. The summed E-state index contributed by atoms with van der Waals surface area (Å²) in [6, 6.07) is 19.1. The van der Waals surface area contributed by atoms with Crippen LogP contribution in [0.5, 0.6) is 0 Å². The van der Waals surface area contributed by atoms with Gasteiger partial charge in [-0.15, -0.1) is 0 Å². The number of esters is 1. The fraction of sp³-hybridized carbons (Fsp3) is 0.238. The van der Waals surface area contributed by atoms with E-state index in [-0.39, 0.29) is 11.9 Å². The van der Waals surface area contributed by atoms with E-state index in [2.05, 4.69) is 4.99 Å². The minimum absolute atomic E-state index is 0.0257. The minimum atomic E-state index is -0.455. The molecule has 1 aliphatic rings. The number of benzene rings is 2. The number of aliphatic imine (C=N–C) groups is 1. The Bertz CT molecular complexity index is 759. The van der Waals surface area contributed by atoms with Crippen LogP contribution in [0, 0.1) is 0 Å². The molecule has 0 saturated carbocycles. The molecule has 5 heteroatoms. The Kier molecular flexibility index (Phi) is 5.69. The van der Waals surface area contributed by atoms with Gasteiger partial charge in [-0.2, -0.15) is 0 Å². The highest BCUT2D eigenvalue weighted by atomic mass is 16.5. The van der Waals surface area contributed by atoms with Gasteiger partial charge >= 0.3 is 5.97 Å². The van der Waals surface area contributed by atoms with Gasteiger partial charge in [0, 0.05) is 17.7 Å². The number of hydrogen-bond donors (Lipinski definition) is 1. The summed E-state index contributed by atoms with van der Waals surface area (Å²) in [7, 11) is 1.36. The zero-order chi connectivity index (χ0) is 18.4. The van der Waals surface area contributed by atoms with Crippen LogP contribution in [0.3, 0.4) is 0 Å². The standard InChI is InChI=1S/C21H22N2O3/c1-26-21(25)18-13-8-14-23(18)19(24)15-22-20(16-9-4-2-5-10-16)17-11-6-3-7-12-17/h2-7,9-12,15,18,24H,8,13-14H2,1H3/b19-15-/t18-/m0/s1. The number of ether oxygens (including phenoxy) is 1. The van der Waals surface area contributed by atoms with Crippen LogP contribution in [0.1, 0.15) is 24.0 Å². The third-order valence-electron chi connectivity index (χ3n) is 4.42. The molecule has 0 spiro atoms. The van der Waals surface area contributed by atoms with Crippen molar-refractivity contribution < 1.29 is 14.6 Å². The largest absolute Gasteiger partial charge is 0.494 e. The number of nitrogens with zero attached hydrogens (tertiary/aromatic N) is 2. The van der Waals surface area contributed by atoms with Gasteiger partial charge in [0.1, 0.15) is 6.04 Å². The summed E-state index contributed by atoms with van der Waals surface area (Å²) < 4.78 is 4.82.